The number of ether oxygens (including phenoxy) is 1. The van der Waals surface area contributed by atoms with Gasteiger partial charge in [-0.2, -0.15) is 0 Å². The first-order valence-electron chi connectivity index (χ1n) is 5.71. The molecule has 0 aliphatic carbocycles. The first kappa shape index (κ1) is 13.3. The number of hydrogen-bond donors (Lipinski definition) is 2. The maximum absolute atomic E-state index is 11.6. The van der Waals surface area contributed by atoms with Gasteiger partial charge in [0, 0.05) is 12.6 Å². The number of rotatable bonds is 6. The van der Waals surface area contributed by atoms with Crippen molar-refractivity contribution in [2.75, 3.05) is 19.0 Å². The Labute approximate surface area is 102 Å². The first-order valence-corrected chi connectivity index (χ1v) is 5.71. The highest BCUT2D eigenvalue weighted by atomic mass is 16.5. The predicted octanol–water partition coefficient (Wildman–Crippen LogP) is 1.42. The fraction of sp³-hybridized carbons (Fsp3) is 0.500. The van der Waals surface area contributed by atoms with E-state index in [-0.39, 0.29) is 11.9 Å². The summed E-state index contributed by atoms with van der Waals surface area (Å²) in [5, 5.41) is 5.90. The van der Waals surface area contributed by atoms with Crippen molar-refractivity contribution in [2.45, 2.75) is 26.3 Å². The normalized spacial score (nSPS) is 11.7. The van der Waals surface area contributed by atoms with E-state index in [4.69, 9.17) is 4.74 Å². The predicted molar refractivity (Wildman–Crippen MR) is 67.2 cm³/mol. The van der Waals surface area contributed by atoms with Crippen LogP contribution in [0.3, 0.4) is 0 Å². The molecule has 0 fully saturated rings. The van der Waals surface area contributed by atoms with Crippen molar-refractivity contribution >= 4 is 11.6 Å². The van der Waals surface area contributed by atoms with Crippen molar-refractivity contribution in [1.82, 2.24) is 10.3 Å². The molecule has 17 heavy (non-hydrogen) atoms. The Bertz CT molecular complexity index is 351. The Hall–Kier alpha value is -1.78. The number of methoxy groups -OCH3 is 1. The van der Waals surface area contributed by atoms with E-state index in [1.165, 1.54) is 0 Å². The van der Waals surface area contributed by atoms with Crippen molar-refractivity contribution in [3.05, 3.63) is 18.3 Å². The second-order valence-electron chi connectivity index (χ2n) is 3.75. The second kappa shape index (κ2) is 6.73. The van der Waals surface area contributed by atoms with Crippen LogP contribution >= 0.6 is 0 Å². The molecule has 0 aliphatic heterocycles. The number of pyridine rings is 1. The van der Waals surface area contributed by atoms with Crippen molar-refractivity contribution in [2.24, 2.45) is 0 Å². The van der Waals surface area contributed by atoms with Crippen LogP contribution in [0.2, 0.25) is 0 Å². The van der Waals surface area contributed by atoms with Crippen molar-refractivity contribution in [3.8, 4) is 5.88 Å². The Morgan fingerprint density at radius 2 is 2.29 bits per heavy atom. The number of carbonyl (C=O) groups excluding carboxylic acids is 1. The van der Waals surface area contributed by atoms with Gasteiger partial charge in [0.2, 0.25) is 11.8 Å². The molecule has 0 aliphatic rings. The summed E-state index contributed by atoms with van der Waals surface area (Å²) >= 11 is 0. The van der Waals surface area contributed by atoms with E-state index in [1.54, 1.807) is 19.4 Å². The largest absolute Gasteiger partial charge is 0.481 e. The van der Waals surface area contributed by atoms with Crippen LogP contribution in [0.25, 0.3) is 0 Å². The average molecular weight is 237 g/mol. The second-order valence-corrected chi connectivity index (χ2v) is 3.75. The fourth-order valence-electron chi connectivity index (χ4n) is 1.30. The number of amides is 1. The minimum Gasteiger partial charge on any atom is -0.481 e. The molecule has 0 radical (unpaired) electrons. The minimum absolute atomic E-state index is 0.0114. The summed E-state index contributed by atoms with van der Waals surface area (Å²) in [6, 6.07) is 3.30. The van der Waals surface area contributed by atoms with Gasteiger partial charge in [-0.1, -0.05) is 6.92 Å². The molecule has 5 nitrogen and oxygen atoms in total. The maximum Gasteiger partial charge on any atom is 0.242 e. The van der Waals surface area contributed by atoms with Crippen LogP contribution in [0.1, 0.15) is 20.3 Å². The molecule has 1 aromatic heterocycles. The molecular formula is C12H19N3O2. The van der Waals surface area contributed by atoms with Gasteiger partial charge < -0.3 is 15.4 Å². The average Bonchev–Trinajstić information content (AvgIpc) is 2.36. The molecule has 0 saturated carbocycles. The zero-order valence-corrected chi connectivity index (χ0v) is 10.5. The lowest BCUT2D eigenvalue weighted by Crippen LogP contribution is -2.37. The zero-order chi connectivity index (χ0) is 12.7. The van der Waals surface area contributed by atoms with Crippen LogP contribution in [0, 0.1) is 0 Å². The quantitative estimate of drug-likeness (QED) is 0.785. The third kappa shape index (κ3) is 4.30. The molecule has 1 unspecified atom stereocenters. The molecule has 5 heteroatoms. The van der Waals surface area contributed by atoms with Crippen molar-refractivity contribution < 1.29 is 9.53 Å². The van der Waals surface area contributed by atoms with E-state index in [0.29, 0.717) is 12.4 Å². The lowest BCUT2D eigenvalue weighted by atomic mass is 10.3. The van der Waals surface area contributed by atoms with Gasteiger partial charge in [-0.05, 0) is 19.4 Å². The molecule has 0 saturated heterocycles. The summed E-state index contributed by atoms with van der Waals surface area (Å²) in [6.45, 7) is 4.53. The smallest absolute Gasteiger partial charge is 0.242 e. The maximum atomic E-state index is 11.6. The van der Waals surface area contributed by atoms with Gasteiger partial charge in [0.25, 0.3) is 0 Å². The summed E-state index contributed by atoms with van der Waals surface area (Å²) in [5.41, 5.74) is 0.796. The van der Waals surface area contributed by atoms with Crippen molar-refractivity contribution in [3.63, 3.8) is 0 Å². The summed E-state index contributed by atoms with van der Waals surface area (Å²) in [6.07, 6.45) is 2.57. The summed E-state index contributed by atoms with van der Waals surface area (Å²) in [5.74, 6) is 0.543. The van der Waals surface area contributed by atoms with E-state index < -0.39 is 0 Å². The van der Waals surface area contributed by atoms with Crippen LogP contribution in [0.15, 0.2) is 18.3 Å². The van der Waals surface area contributed by atoms with Gasteiger partial charge >= 0.3 is 0 Å². The lowest BCUT2D eigenvalue weighted by molar-refractivity contribution is -0.121. The van der Waals surface area contributed by atoms with Gasteiger partial charge in [-0.3, -0.25) is 4.79 Å². The Balaban J connectivity index is 2.49. The van der Waals surface area contributed by atoms with E-state index >= 15 is 0 Å². The van der Waals surface area contributed by atoms with Gasteiger partial charge in [-0.25, -0.2) is 4.98 Å². The van der Waals surface area contributed by atoms with E-state index in [9.17, 15) is 4.79 Å². The number of hydrogen-bond acceptors (Lipinski definition) is 4. The van der Waals surface area contributed by atoms with Crippen LogP contribution in [0.5, 0.6) is 5.88 Å². The molecule has 0 bridgehead atoms. The molecule has 1 rings (SSSR count). The first-order chi connectivity index (χ1) is 8.17. The molecular weight excluding hydrogens is 218 g/mol. The lowest BCUT2D eigenvalue weighted by Gasteiger charge is -2.14. The van der Waals surface area contributed by atoms with Gasteiger partial charge in [-0.15, -0.1) is 0 Å². The summed E-state index contributed by atoms with van der Waals surface area (Å²) in [4.78, 5) is 15.7. The Morgan fingerprint density at radius 3 is 2.82 bits per heavy atom. The minimum atomic E-state index is -0.281. The summed E-state index contributed by atoms with van der Waals surface area (Å²) < 4.78 is 4.96. The molecule has 94 valence electrons. The third-order valence-corrected chi connectivity index (χ3v) is 2.27. The highest BCUT2D eigenvalue weighted by Crippen LogP contribution is 2.11. The van der Waals surface area contributed by atoms with E-state index in [0.717, 1.165) is 12.1 Å². The molecule has 1 amide bonds. The zero-order valence-electron chi connectivity index (χ0n) is 10.5. The van der Waals surface area contributed by atoms with Crippen LogP contribution < -0.4 is 15.4 Å². The highest BCUT2D eigenvalue weighted by molar-refractivity contribution is 5.84. The van der Waals surface area contributed by atoms with E-state index in [1.807, 2.05) is 19.9 Å². The van der Waals surface area contributed by atoms with Gasteiger partial charge in [0.15, 0.2) is 0 Å². The number of anilines is 1. The number of aromatic nitrogens is 1. The van der Waals surface area contributed by atoms with Crippen molar-refractivity contribution in [1.29, 1.82) is 0 Å². The number of nitrogens with zero attached hydrogens (tertiary/aromatic N) is 1. The fourth-order valence-corrected chi connectivity index (χ4v) is 1.30. The van der Waals surface area contributed by atoms with Gasteiger partial charge in [0.05, 0.1) is 19.0 Å². The van der Waals surface area contributed by atoms with Crippen LogP contribution in [-0.4, -0.2) is 30.6 Å². The molecule has 2 N–H and O–H groups in total. The Kier molecular flexibility index (Phi) is 5.26. The molecule has 1 aromatic rings. The third-order valence-electron chi connectivity index (χ3n) is 2.27. The molecule has 1 heterocycles. The molecule has 0 spiro atoms. The highest BCUT2D eigenvalue weighted by Gasteiger charge is 2.11. The SMILES string of the molecule is CCCNC(=O)C(C)Nc1ccc(OC)nc1. The molecule has 1 atom stereocenters. The number of nitrogens with one attached hydrogen (secondary N) is 2. The standard InChI is InChI=1S/C12H19N3O2/c1-4-7-13-12(16)9(2)15-10-5-6-11(17-3)14-8-10/h5-6,8-9,15H,4,7H2,1-3H3,(H,13,16). The number of carbonyl (C=O) groups is 1. The van der Waals surface area contributed by atoms with Crippen LogP contribution in [0.4, 0.5) is 5.69 Å². The Morgan fingerprint density at radius 1 is 1.53 bits per heavy atom. The molecule has 0 aromatic carbocycles. The van der Waals surface area contributed by atoms with E-state index in [2.05, 4.69) is 15.6 Å². The summed E-state index contributed by atoms with van der Waals surface area (Å²) in [7, 11) is 1.57. The topological polar surface area (TPSA) is 63.2 Å². The van der Waals surface area contributed by atoms with Crippen LogP contribution in [-0.2, 0) is 4.79 Å². The monoisotopic (exact) mass is 237 g/mol. The van der Waals surface area contributed by atoms with Gasteiger partial charge in [0.1, 0.15) is 6.04 Å².